The summed E-state index contributed by atoms with van der Waals surface area (Å²) in [5.74, 6) is -0.461. The zero-order chi connectivity index (χ0) is 10.0. The second-order valence-corrected chi connectivity index (χ2v) is 3.42. The molecule has 1 rings (SSSR count). The van der Waals surface area contributed by atoms with Gasteiger partial charge in [-0.15, -0.1) is 0 Å². The molecular formula is C8H7BrClNO2. The molecule has 0 aliphatic carbocycles. The summed E-state index contributed by atoms with van der Waals surface area (Å²) in [5.41, 5.74) is 5.83. The number of alkyl halides is 1. The zero-order valence-electron chi connectivity index (χ0n) is 6.55. The van der Waals surface area contributed by atoms with Crippen molar-refractivity contribution in [2.24, 2.45) is 0 Å². The summed E-state index contributed by atoms with van der Waals surface area (Å²) >= 11 is 8.71. The van der Waals surface area contributed by atoms with E-state index in [0.717, 1.165) is 0 Å². The number of Topliss-reactive ketones (excluding diaryl/α,β-unsaturated/α-hetero) is 1. The lowest BCUT2D eigenvalue weighted by Gasteiger charge is -2.05. The molecule has 0 aromatic heterocycles. The van der Waals surface area contributed by atoms with Crippen LogP contribution in [0.3, 0.4) is 0 Å². The smallest absolute Gasteiger partial charge is 0.178 e. The molecule has 0 fully saturated rings. The fraction of sp³-hybridized carbons (Fsp3) is 0.125. The molecule has 1 aromatic carbocycles. The van der Waals surface area contributed by atoms with Crippen LogP contribution in [0.2, 0.25) is 5.02 Å². The van der Waals surface area contributed by atoms with Gasteiger partial charge < -0.3 is 10.8 Å². The highest BCUT2D eigenvalue weighted by atomic mass is 79.9. The van der Waals surface area contributed by atoms with Gasteiger partial charge in [-0.1, -0.05) is 27.5 Å². The number of halogens is 2. The number of benzene rings is 1. The lowest BCUT2D eigenvalue weighted by Crippen LogP contribution is -2.02. The van der Waals surface area contributed by atoms with Crippen molar-refractivity contribution in [3.8, 4) is 5.75 Å². The number of anilines is 1. The fourth-order valence-electron chi connectivity index (χ4n) is 0.955. The average molecular weight is 265 g/mol. The molecule has 0 saturated heterocycles. The molecule has 0 spiro atoms. The second kappa shape index (κ2) is 3.98. The van der Waals surface area contributed by atoms with E-state index in [0.29, 0.717) is 5.69 Å². The van der Waals surface area contributed by atoms with Crippen LogP contribution in [-0.4, -0.2) is 16.2 Å². The predicted octanol–water partition coefficient (Wildman–Crippen LogP) is 2.21. The molecule has 0 aliphatic rings. The Bertz CT molecular complexity index is 331. The number of phenols is 1. The summed E-state index contributed by atoms with van der Waals surface area (Å²) in [7, 11) is 0. The summed E-state index contributed by atoms with van der Waals surface area (Å²) in [6.45, 7) is 0. The minimum absolute atomic E-state index is 0.104. The van der Waals surface area contributed by atoms with Gasteiger partial charge in [0.1, 0.15) is 5.75 Å². The lowest BCUT2D eigenvalue weighted by atomic mass is 10.1. The maximum Gasteiger partial charge on any atom is 0.178 e. The first-order valence-corrected chi connectivity index (χ1v) is 4.93. The van der Waals surface area contributed by atoms with Crippen LogP contribution in [0, 0.1) is 0 Å². The van der Waals surface area contributed by atoms with Crippen molar-refractivity contribution in [1.82, 2.24) is 0 Å². The highest BCUT2D eigenvalue weighted by Gasteiger charge is 2.14. The van der Waals surface area contributed by atoms with Gasteiger partial charge in [0.15, 0.2) is 5.78 Å². The van der Waals surface area contributed by atoms with Crippen LogP contribution >= 0.6 is 27.5 Å². The summed E-state index contributed by atoms with van der Waals surface area (Å²) in [6, 6.07) is 2.72. The molecule has 0 aliphatic heterocycles. The topological polar surface area (TPSA) is 63.3 Å². The first-order valence-electron chi connectivity index (χ1n) is 3.43. The molecule has 0 heterocycles. The number of hydrogen-bond donors (Lipinski definition) is 2. The van der Waals surface area contributed by atoms with Crippen LogP contribution in [0.4, 0.5) is 5.69 Å². The van der Waals surface area contributed by atoms with Gasteiger partial charge in [0.2, 0.25) is 0 Å². The van der Waals surface area contributed by atoms with Gasteiger partial charge in [-0.05, 0) is 6.07 Å². The summed E-state index contributed by atoms with van der Waals surface area (Å²) in [5, 5.41) is 9.65. The molecule has 0 unspecified atom stereocenters. The van der Waals surface area contributed by atoms with Gasteiger partial charge >= 0.3 is 0 Å². The van der Waals surface area contributed by atoms with E-state index < -0.39 is 0 Å². The summed E-state index contributed by atoms with van der Waals surface area (Å²) < 4.78 is 0. The Morgan fingerprint density at radius 2 is 2.23 bits per heavy atom. The van der Waals surface area contributed by atoms with Crippen molar-refractivity contribution in [1.29, 1.82) is 0 Å². The molecule has 0 saturated carbocycles. The minimum Gasteiger partial charge on any atom is -0.507 e. The first-order chi connectivity index (χ1) is 6.06. The van der Waals surface area contributed by atoms with Crippen LogP contribution in [-0.2, 0) is 0 Å². The summed E-state index contributed by atoms with van der Waals surface area (Å²) in [4.78, 5) is 11.2. The third-order valence-corrected chi connectivity index (χ3v) is 2.30. The Kier molecular flexibility index (Phi) is 3.17. The van der Waals surface area contributed by atoms with Gasteiger partial charge in [-0.25, -0.2) is 0 Å². The SMILES string of the molecule is Nc1cc(O)c(C(=O)CBr)c(Cl)c1. The average Bonchev–Trinajstić information content (AvgIpc) is 2.02. The van der Waals surface area contributed by atoms with Crippen LogP contribution in [0.1, 0.15) is 10.4 Å². The number of nitrogens with two attached hydrogens (primary N) is 1. The number of carbonyl (C=O) groups excluding carboxylic acids is 1. The fourth-order valence-corrected chi connectivity index (χ4v) is 1.56. The van der Waals surface area contributed by atoms with Crippen molar-refractivity contribution in [2.45, 2.75) is 0 Å². The van der Waals surface area contributed by atoms with E-state index in [2.05, 4.69) is 15.9 Å². The van der Waals surface area contributed by atoms with Crippen molar-refractivity contribution < 1.29 is 9.90 Å². The van der Waals surface area contributed by atoms with E-state index in [1.807, 2.05) is 0 Å². The Morgan fingerprint density at radius 3 is 2.69 bits per heavy atom. The maximum atomic E-state index is 11.2. The van der Waals surface area contributed by atoms with Crippen LogP contribution in [0.5, 0.6) is 5.75 Å². The number of aromatic hydroxyl groups is 1. The van der Waals surface area contributed by atoms with Crippen molar-refractivity contribution in [3.05, 3.63) is 22.7 Å². The maximum absolute atomic E-state index is 11.2. The van der Waals surface area contributed by atoms with Gasteiger partial charge in [0.25, 0.3) is 0 Å². The number of carbonyl (C=O) groups is 1. The quantitative estimate of drug-likeness (QED) is 0.489. The van der Waals surface area contributed by atoms with Gasteiger partial charge in [0.05, 0.1) is 15.9 Å². The third-order valence-electron chi connectivity index (χ3n) is 1.49. The van der Waals surface area contributed by atoms with Gasteiger partial charge in [-0.2, -0.15) is 0 Å². The highest BCUT2D eigenvalue weighted by molar-refractivity contribution is 9.09. The van der Waals surface area contributed by atoms with Crippen LogP contribution in [0.25, 0.3) is 0 Å². The largest absolute Gasteiger partial charge is 0.507 e. The number of hydrogen-bond acceptors (Lipinski definition) is 3. The predicted molar refractivity (Wildman–Crippen MR) is 55.7 cm³/mol. The standard InChI is InChI=1S/C8H7BrClNO2/c9-3-7(13)8-5(10)1-4(11)2-6(8)12/h1-2,12H,3,11H2. The van der Waals surface area contributed by atoms with E-state index in [4.69, 9.17) is 17.3 Å². The molecule has 3 nitrogen and oxygen atoms in total. The normalized spacial score (nSPS) is 10.0. The molecule has 0 atom stereocenters. The van der Waals surface area contributed by atoms with E-state index in [1.54, 1.807) is 0 Å². The third kappa shape index (κ3) is 2.14. The first kappa shape index (κ1) is 10.3. The molecule has 0 amide bonds. The Morgan fingerprint density at radius 1 is 1.62 bits per heavy atom. The number of rotatable bonds is 2. The van der Waals surface area contributed by atoms with E-state index in [-0.39, 0.29) is 27.4 Å². The molecule has 70 valence electrons. The van der Waals surface area contributed by atoms with Crippen LogP contribution < -0.4 is 5.73 Å². The van der Waals surface area contributed by atoms with E-state index >= 15 is 0 Å². The Hall–Kier alpha value is -0.740. The van der Waals surface area contributed by atoms with Gasteiger partial charge in [-0.3, -0.25) is 4.79 Å². The Labute approximate surface area is 88.6 Å². The van der Waals surface area contributed by atoms with E-state index in [9.17, 15) is 9.90 Å². The molecule has 13 heavy (non-hydrogen) atoms. The molecule has 3 N–H and O–H groups in total. The van der Waals surface area contributed by atoms with Gasteiger partial charge in [0, 0.05) is 11.8 Å². The Balaban J connectivity index is 3.28. The molecule has 0 bridgehead atoms. The number of phenolic OH excluding ortho intramolecular Hbond substituents is 1. The number of nitrogen functional groups attached to an aromatic ring is 1. The molecule has 0 radical (unpaired) electrons. The number of ketones is 1. The second-order valence-electron chi connectivity index (χ2n) is 2.45. The molecular weight excluding hydrogens is 257 g/mol. The zero-order valence-corrected chi connectivity index (χ0v) is 8.89. The van der Waals surface area contributed by atoms with Crippen molar-refractivity contribution in [3.63, 3.8) is 0 Å². The van der Waals surface area contributed by atoms with Crippen molar-refractivity contribution >= 4 is 39.0 Å². The van der Waals surface area contributed by atoms with Crippen LogP contribution in [0.15, 0.2) is 12.1 Å². The minimum atomic E-state index is -0.275. The molecule has 1 aromatic rings. The van der Waals surface area contributed by atoms with E-state index in [1.165, 1.54) is 12.1 Å². The monoisotopic (exact) mass is 263 g/mol. The molecule has 5 heteroatoms. The summed E-state index contributed by atoms with van der Waals surface area (Å²) in [6.07, 6.45) is 0. The highest BCUT2D eigenvalue weighted by Crippen LogP contribution is 2.29. The lowest BCUT2D eigenvalue weighted by molar-refractivity contribution is 0.102. The van der Waals surface area contributed by atoms with Crippen molar-refractivity contribution in [2.75, 3.05) is 11.1 Å².